The fourth-order valence-electron chi connectivity index (χ4n) is 4.73. The van der Waals surface area contributed by atoms with Gasteiger partial charge >= 0.3 is 0 Å². The second-order valence-electron chi connectivity index (χ2n) is 8.58. The Morgan fingerprint density at radius 3 is 2.63 bits per heavy atom. The van der Waals surface area contributed by atoms with E-state index < -0.39 is 0 Å². The van der Waals surface area contributed by atoms with Gasteiger partial charge in [-0.05, 0) is 38.1 Å². The first kappa shape index (κ1) is 20.3. The van der Waals surface area contributed by atoms with Crippen LogP contribution < -0.4 is 5.32 Å². The van der Waals surface area contributed by atoms with E-state index in [-0.39, 0.29) is 11.9 Å². The molecule has 2 heterocycles. The summed E-state index contributed by atoms with van der Waals surface area (Å²) in [5.41, 5.74) is 2.32. The highest BCUT2D eigenvalue weighted by Gasteiger charge is 2.41. The van der Waals surface area contributed by atoms with Crippen molar-refractivity contribution >= 4 is 5.91 Å². The number of carbonyl (C=O) groups excluding carboxylic acids is 1. The first-order valence-corrected chi connectivity index (χ1v) is 10.5. The Kier molecular flexibility index (Phi) is 6.93. The number of aryl methyl sites for hydroxylation is 1. The molecule has 3 rings (SSSR count). The molecule has 1 aliphatic carbocycles. The molecular weight excluding hydrogens is 340 g/mol. The molecule has 6 nitrogen and oxygen atoms in total. The maximum atomic E-state index is 12.7. The Balaban J connectivity index is 1.64. The molecule has 0 radical (unpaired) electrons. The van der Waals surface area contributed by atoms with Crippen molar-refractivity contribution in [3.63, 3.8) is 0 Å². The van der Waals surface area contributed by atoms with Crippen molar-refractivity contribution in [3.8, 4) is 0 Å². The van der Waals surface area contributed by atoms with Crippen molar-refractivity contribution in [2.75, 3.05) is 33.4 Å². The van der Waals surface area contributed by atoms with Crippen LogP contribution in [0.2, 0.25) is 0 Å². The van der Waals surface area contributed by atoms with E-state index in [0.29, 0.717) is 25.5 Å². The van der Waals surface area contributed by atoms with Crippen LogP contribution >= 0.6 is 0 Å². The van der Waals surface area contributed by atoms with Crippen LogP contribution in [-0.2, 0) is 16.6 Å². The summed E-state index contributed by atoms with van der Waals surface area (Å²) in [5.74, 6) is 2.21. The standard InChI is InChI=1S/C21H36N4O2/c1-15-5-7-17(8-6-15)12-22-13-18-11-20(26)25(9-10-27-4)21(18)19-14-23-24(3)16(19)2/h14-15,17-18,21-22H,5-13H2,1-4H3/t15?,17?,18-,21+/m0/s1. The largest absolute Gasteiger partial charge is 0.383 e. The van der Waals surface area contributed by atoms with Crippen LogP contribution in [0.4, 0.5) is 0 Å². The summed E-state index contributed by atoms with van der Waals surface area (Å²) in [6.45, 7) is 7.64. The Morgan fingerprint density at radius 1 is 1.26 bits per heavy atom. The van der Waals surface area contributed by atoms with E-state index in [0.717, 1.165) is 30.6 Å². The topological polar surface area (TPSA) is 59.4 Å². The smallest absolute Gasteiger partial charge is 0.223 e. The summed E-state index contributed by atoms with van der Waals surface area (Å²) >= 11 is 0. The predicted molar refractivity (Wildman–Crippen MR) is 106 cm³/mol. The van der Waals surface area contributed by atoms with E-state index in [2.05, 4.69) is 24.3 Å². The molecular formula is C21H36N4O2. The zero-order valence-corrected chi connectivity index (χ0v) is 17.4. The van der Waals surface area contributed by atoms with Gasteiger partial charge in [0, 0.05) is 50.8 Å². The molecule has 2 atom stereocenters. The second-order valence-corrected chi connectivity index (χ2v) is 8.58. The van der Waals surface area contributed by atoms with Gasteiger partial charge in [0.2, 0.25) is 5.91 Å². The van der Waals surface area contributed by atoms with Gasteiger partial charge in [0.25, 0.3) is 0 Å². The molecule has 2 aliphatic rings. The molecule has 0 bridgehead atoms. The number of hydrogen-bond acceptors (Lipinski definition) is 4. The molecule has 2 fully saturated rings. The van der Waals surface area contributed by atoms with Gasteiger partial charge in [0.15, 0.2) is 0 Å². The van der Waals surface area contributed by atoms with Gasteiger partial charge in [-0.1, -0.05) is 19.8 Å². The average Bonchev–Trinajstić information content (AvgIpc) is 3.14. The summed E-state index contributed by atoms with van der Waals surface area (Å²) in [4.78, 5) is 14.7. The third kappa shape index (κ3) is 4.72. The lowest BCUT2D eigenvalue weighted by Crippen LogP contribution is -2.35. The fraction of sp³-hybridized carbons (Fsp3) is 0.810. The normalized spacial score (nSPS) is 28.9. The van der Waals surface area contributed by atoms with Crippen molar-refractivity contribution in [1.82, 2.24) is 20.0 Å². The number of rotatable bonds is 8. The van der Waals surface area contributed by atoms with Crippen LogP contribution in [-0.4, -0.2) is 53.9 Å². The first-order chi connectivity index (χ1) is 13.0. The highest BCUT2D eigenvalue weighted by atomic mass is 16.5. The van der Waals surface area contributed by atoms with Crippen molar-refractivity contribution in [3.05, 3.63) is 17.5 Å². The number of likely N-dealkylation sites (tertiary alicyclic amines) is 1. The number of nitrogens with one attached hydrogen (secondary N) is 1. The molecule has 0 unspecified atom stereocenters. The molecule has 1 saturated heterocycles. The lowest BCUT2D eigenvalue weighted by Gasteiger charge is -2.30. The van der Waals surface area contributed by atoms with Crippen molar-refractivity contribution < 1.29 is 9.53 Å². The first-order valence-electron chi connectivity index (χ1n) is 10.5. The van der Waals surface area contributed by atoms with E-state index in [1.807, 2.05) is 22.8 Å². The Morgan fingerprint density at radius 2 is 2.00 bits per heavy atom. The van der Waals surface area contributed by atoms with E-state index >= 15 is 0 Å². The van der Waals surface area contributed by atoms with Crippen LogP contribution in [0.3, 0.4) is 0 Å². The van der Waals surface area contributed by atoms with Gasteiger partial charge in [0.1, 0.15) is 0 Å². The Labute approximate surface area is 163 Å². The lowest BCUT2D eigenvalue weighted by molar-refractivity contribution is -0.129. The molecule has 0 spiro atoms. The number of ether oxygens (including phenoxy) is 1. The quantitative estimate of drug-likeness (QED) is 0.758. The molecule has 1 saturated carbocycles. The third-order valence-electron chi connectivity index (χ3n) is 6.64. The minimum Gasteiger partial charge on any atom is -0.383 e. The van der Waals surface area contributed by atoms with Crippen molar-refractivity contribution in [1.29, 1.82) is 0 Å². The van der Waals surface area contributed by atoms with Crippen LogP contribution in [0, 0.1) is 24.7 Å². The highest BCUT2D eigenvalue weighted by molar-refractivity contribution is 5.79. The molecule has 152 valence electrons. The highest BCUT2D eigenvalue weighted by Crippen LogP contribution is 2.39. The minimum atomic E-state index is 0.0974. The molecule has 6 heteroatoms. The van der Waals surface area contributed by atoms with Gasteiger partial charge in [-0.15, -0.1) is 0 Å². The van der Waals surface area contributed by atoms with Crippen molar-refractivity contribution in [2.24, 2.45) is 24.8 Å². The SMILES string of the molecule is COCCN1C(=O)C[C@@H](CNCC2CCC(C)CC2)[C@@H]1c1cnn(C)c1C. The van der Waals surface area contributed by atoms with Gasteiger partial charge < -0.3 is 15.0 Å². The van der Waals surface area contributed by atoms with Gasteiger partial charge in [-0.2, -0.15) is 5.10 Å². The van der Waals surface area contributed by atoms with Gasteiger partial charge in [0.05, 0.1) is 18.8 Å². The van der Waals surface area contributed by atoms with Gasteiger partial charge in [-0.25, -0.2) is 0 Å². The summed E-state index contributed by atoms with van der Waals surface area (Å²) in [6.07, 6.45) is 7.93. The fourth-order valence-corrected chi connectivity index (χ4v) is 4.73. The molecule has 1 amide bonds. The molecule has 1 aliphatic heterocycles. The number of carbonyl (C=O) groups is 1. The maximum Gasteiger partial charge on any atom is 0.223 e. The number of methoxy groups -OCH3 is 1. The monoisotopic (exact) mass is 376 g/mol. The van der Waals surface area contributed by atoms with Gasteiger partial charge in [-0.3, -0.25) is 9.48 Å². The van der Waals surface area contributed by atoms with E-state index in [1.165, 1.54) is 31.2 Å². The molecule has 1 aromatic heterocycles. The van der Waals surface area contributed by atoms with E-state index in [1.54, 1.807) is 7.11 Å². The summed E-state index contributed by atoms with van der Waals surface area (Å²) in [7, 11) is 3.65. The van der Waals surface area contributed by atoms with Crippen molar-refractivity contribution in [2.45, 2.75) is 52.0 Å². The molecule has 1 aromatic rings. The zero-order chi connectivity index (χ0) is 19.4. The third-order valence-corrected chi connectivity index (χ3v) is 6.64. The van der Waals surface area contributed by atoms with E-state index in [9.17, 15) is 4.79 Å². The summed E-state index contributed by atoms with van der Waals surface area (Å²) in [5, 5.41) is 8.12. The van der Waals surface area contributed by atoms with Crippen LogP contribution in [0.25, 0.3) is 0 Å². The Bertz CT molecular complexity index is 622. The number of aromatic nitrogens is 2. The predicted octanol–water partition coefficient (Wildman–Crippen LogP) is 2.68. The summed E-state index contributed by atoms with van der Waals surface area (Å²) < 4.78 is 7.15. The number of hydrogen-bond donors (Lipinski definition) is 1. The minimum absolute atomic E-state index is 0.0974. The number of nitrogens with zero attached hydrogens (tertiary/aromatic N) is 3. The van der Waals surface area contributed by atoms with E-state index in [4.69, 9.17) is 4.74 Å². The second kappa shape index (κ2) is 9.20. The molecule has 0 aromatic carbocycles. The average molecular weight is 377 g/mol. The lowest BCUT2D eigenvalue weighted by atomic mass is 9.83. The summed E-state index contributed by atoms with van der Waals surface area (Å²) in [6, 6.07) is 0.0974. The molecule has 1 N–H and O–H groups in total. The van der Waals surface area contributed by atoms with Crippen LogP contribution in [0.5, 0.6) is 0 Å². The molecule has 27 heavy (non-hydrogen) atoms. The zero-order valence-electron chi connectivity index (χ0n) is 17.4. The maximum absolute atomic E-state index is 12.7. The van der Waals surface area contributed by atoms with Crippen LogP contribution in [0.1, 0.15) is 56.3 Å². The van der Waals surface area contributed by atoms with Crippen LogP contribution in [0.15, 0.2) is 6.20 Å². The Hall–Kier alpha value is -1.40. The number of amides is 1.